The lowest BCUT2D eigenvalue weighted by molar-refractivity contribution is -0.120. The number of carbonyl (C=O) groups is 1. The van der Waals surface area contributed by atoms with Gasteiger partial charge in [-0.3, -0.25) is 4.79 Å². The fourth-order valence-electron chi connectivity index (χ4n) is 2.46. The van der Waals surface area contributed by atoms with Gasteiger partial charge in [0, 0.05) is 16.1 Å². The van der Waals surface area contributed by atoms with Crippen LogP contribution >= 0.6 is 15.9 Å². The Hall–Kier alpha value is -0.830. The average Bonchev–Trinajstić information content (AvgIpc) is 2.62. The number of amides is 1. The molecule has 18 heavy (non-hydrogen) atoms. The molecule has 0 heterocycles. The Kier molecular flexibility index (Phi) is 4.81. The molecule has 0 unspecified atom stereocenters. The number of benzene rings is 1. The van der Waals surface area contributed by atoms with E-state index in [9.17, 15) is 4.79 Å². The van der Waals surface area contributed by atoms with Crippen LogP contribution in [0.1, 0.15) is 44.1 Å². The van der Waals surface area contributed by atoms with Crippen molar-refractivity contribution in [1.82, 2.24) is 0 Å². The average molecular weight is 310 g/mol. The molecule has 0 bridgehead atoms. The van der Waals surface area contributed by atoms with Crippen LogP contribution in [0.5, 0.6) is 0 Å². The highest BCUT2D eigenvalue weighted by Gasteiger charge is 2.20. The van der Waals surface area contributed by atoms with Gasteiger partial charge in [-0.1, -0.05) is 47.7 Å². The minimum atomic E-state index is 0.188. The predicted octanol–water partition coefficient (Wildman–Crippen LogP) is 4.67. The van der Waals surface area contributed by atoms with Crippen LogP contribution in [0.15, 0.2) is 22.7 Å². The lowest BCUT2D eigenvalue weighted by atomic mass is 9.99. The van der Waals surface area contributed by atoms with Crippen molar-refractivity contribution in [3.05, 3.63) is 28.2 Å². The molecule has 2 nitrogen and oxygen atoms in total. The third kappa shape index (κ3) is 3.58. The van der Waals surface area contributed by atoms with Crippen LogP contribution in [0.25, 0.3) is 0 Å². The van der Waals surface area contributed by atoms with Crippen molar-refractivity contribution in [1.29, 1.82) is 0 Å². The van der Waals surface area contributed by atoms with Gasteiger partial charge in [-0.2, -0.15) is 0 Å². The van der Waals surface area contributed by atoms with Gasteiger partial charge in [0.2, 0.25) is 5.91 Å². The molecule has 1 N–H and O–H groups in total. The van der Waals surface area contributed by atoms with Gasteiger partial charge in [-0.25, -0.2) is 0 Å². The second kappa shape index (κ2) is 6.37. The quantitative estimate of drug-likeness (QED) is 0.790. The summed E-state index contributed by atoms with van der Waals surface area (Å²) >= 11 is 3.49. The molecule has 0 spiro atoms. The van der Waals surface area contributed by atoms with E-state index in [0.29, 0.717) is 0 Å². The topological polar surface area (TPSA) is 29.1 Å². The maximum atomic E-state index is 12.2. The van der Waals surface area contributed by atoms with E-state index in [1.54, 1.807) is 0 Å². The first-order valence-corrected chi connectivity index (χ1v) is 7.53. The van der Waals surface area contributed by atoms with Crippen molar-refractivity contribution in [2.75, 3.05) is 5.32 Å². The zero-order chi connectivity index (χ0) is 13.0. The van der Waals surface area contributed by atoms with E-state index in [1.165, 1.54) is 31.2 Å². The lowest BCUT2D eigenvalue weighted by Gasteiger charge is -2.14. The van der Waals surface area contributed by atoms with Gasteiger partial charge in [-0.15, -0.1) is 0 Å². The van der Waals surface area contributed by atoms with Gasteiger partial charge in [0.1, 0.15) is 0 Å². The molecule has 1 aliphatic carbocycles. The highest BCUT2D eigenvalue weighted by Crippen LogP contribution is 2.25. The second-order valence-corrected chi connectivity index (χ2v) is 6.00. The molecule has 0 saturated heterocycles. The number of hydrogen-bond acceptors (Lipinski definition) is 1. The Bertz CT molecular complexity index is 423. The number of hydrogen-bond donors (Lipinski definition) is 1. The number of carbonyl (C=O) groups excluding carboxylic acids is 1. The van der Waals surface area contributed by atoms with Gasteiger partial charge < -0.3 is 5.32 Å². The van der Waals surface area contributed by atoms with Crippen LogP contribution in [0, 0.1) is 12.8 Å². The zero-order valence-corrected chi connectivity index (χ0v) is 12.4. The summed E-state index contributed by atoms with van der Waals surface area (Å²) in [6.07, 6.45) is 7.02. The van der Waals surface area contributed by atoms with E-state index < -0.39 is 0 Å². The molecular formula is C15H20BrNO. The molecule has 1 fully saturated rings. The monoisotopic (exact) mass is 309 g/mol. The summed E-state index contributed by atoms with van der Waals surface area (Å²) in [4.78, 5) is 12.2. The molecule has 1 aromatic rings. The van der Waals surface area contributed by atoms with E-state index in [1.807, 2.05) is 25.1 Å². The predicted molar refractivity (Wildman–Crippen MR) is 78.7 cm³/mol. The molecule has 98 valence electrons. The van der Waals surface area contributed by atoms with Gasteiger partial charge in [0.05, 0.1) is 0 Å². The van der Waals surface area contributed by atoms with Gasteiger partial charge in [-0.05, 0) is 37.5 Å². The maximum Gasteiger partial charge on any atom is 0.227 e. The number of aryl methyl sites for hydroxylation is 1. The third-order valence-electron chi connectivity index (χ3n) is 3.67. The summed E-state index contributed by atoms with van der Waals surface area (Å²) < 4.78 is 1.04. The summed E-state index contributed by atoms with van der Waals surface area (Å²) in [6, 6.07) is 5.96. The molecule has 0 atom stereocenters. The largest absolute Gasteiger partial charge is 0.326 e. The Balaban J connectivity index is 1.99. The first-order valence-electron chi connectivity index (χ1n) is 6.74. The van der Waals surface area contributed by atoms with E-state index in [4.69, 9.17) is 0 Å². The lowest BCUT2D eigenvalue weighted by Crippen LogP contribution is -2.22. The minimum Gasteiger partial charge on any atom is -0.326 e. The Labute approximate surface area is 117 Å². The van der Waals surface area contributed by atoms with Crippen LogP contribution < -0.4 is 5.32 Å². The van der Waals surface area contributed by atoms with E-state index >= 15 is 0 Å². The van der Waals surface area contributed by atoms with Crippen LogP contribution in [-0.4, -0.2) is 5.91 Å². The van der Waals surface area contributed by atoms with Crippen molar-refractivity contribution in [2.45, 2.75) is 45.4 Å². The van der Waals surface area contributed by atoms with Gasteiger partial charge in [0.25, 0.3) is 0 Å². The van der Waals surface area contributed by atoms with Crippen molar-refractivity contribution < 1.29 is 4.79 Å². The molecular weight excluding hydrogens is 290 g/mol. The summed E-state index contributed by atoms with van der Waals surface area (Å²) in [6.45, 7) is 2.04. The smallest absolute Gasteiger partial charge is 0.227 e. The zero-order valence-electron chi connectivity index (χ0n) is 10.8. The molecule has 0 aromatic heterocycles. The molecule has 1 amide bonds. The first kappa shape index (κ1) is 13.6. The number of rotatable bonds is 2. The van der Waals surface area contributed by atoms with Gasteiger partial charge in [0.15, 0.2) is 0 Å². The van der Waals surface area contributed by atoms with Gasteiger partial charge >= 0.3 is 0 Å². The summed E-state index contributed by atoms with van der Waals surface area (Å²) in [5, 5.41) is 3.04. The molecule has 1 aliphatic rings. The van der Waals surface area contributed by atoms with Crippen LogP contribution in [0.4, 0.5) is 5.69 Å². The fourth-order valence-corrected chi connectivity index (χ4v) is 2.84. The molecule has 0 radical (unpaired) electrons. The Morgan fingerprint density at radius 2 is 1.89 bits per heavy atom. The molecule has 2 rings (SSSR count). The van der Waals surface area contributed by atoms with Crippen molar-refractivity contribution >= 4 is 27.5 Å². The SMILES string of the molecule is Cc1ccc(NC(=O)C2CCCCCC2)cc1Br. The van der Waals surface area contributed by atoms with E-state index in [-0.39, 0.29) is 11.8 Å². The minimum absolute atomic E-state index is 0.188. The van der Waals surface area contributed by atoms with Crippen molar-refractivity contribution in [3.63, 3.8) is 0 Å². The van der Waals surface area contributed by atoms with E-state index in [2.05, 4.69) is 21.2 Å². The van der Waals surface area contributed by atoms with E-state index in [0.717, 1.165) is 23.0 Å². The second-order valence-electron chi connectivity index (χ2n) is 5.14. The third-order valence-corrected chi connectivity index (χ3v) is 4.52. The highest BCUT2D eigenvalue weighted by molar-refractivity contribution is 9.10. The van der Waals surface area contributed by atoms with Crippen LogP contribution in [0.3, 0.4) is 0 Å². The number of halogens is 1. The standard InChI is InChI=1S/C15H20BrNO/c1-11-8-9-13(10-14(11)16)17-15(18)12-6-4-2-3-5-7-12/h8-10,12H,2-7H2,1H3,(H,17,18). The summed E-state index contributed by atoms with van der Waals surface area (Å²) in [5.41, 5.74) is 2.07. The van der Waals surface area contributed by atoms with Crippen molar-refractivity contribution in [2.24, 2.45) is 5.92 Å². The number of nitrogens with one attached hydrogen (secondary N) is 1. The molecule has 1 aromatic carbocycles. The number of anilines is 1. The fraction of sp³-hybridized carbons (Fsp3) is 0.533. The highest BCUT2D eigenvalue weighted by atomic mass is 79.9. The molecule has 1 saturated carbocycles. The summed E-state index contributed by atoms with van der Waals surface area (Å²) in [5.74, 6) is 0.389. The molecule has 3 heteroatoms. The normalized spacial score (nSPS) is 17.2. The first-order chi connectivity index (χ1) is 8.66. The Morgan fingerprint density at radius 1 is 1.22 bits per heavy atom. The maximum absolute atomic E-state index is 12.2. The summed E-state index contributed by atoms with van der Waals surface area (Å²) in [7, 11) is 0. The van der Waals surface area contributed by atoms with Crippen LogP contribution in [-0.2, 0) is 4.79 Å². The molecule has 0 aliphatic heterocycles. The Morgan fingerprint density at radius 3 is 2.50 bits per heavy atom. The van der Waals surface area contributed by atoms with Crippen molar-refractivity contribution in [3.8, 4) is 0 Å². The van der Waals surface area contributed by atoms with Crippen LogP contribution in [0.2, 0.25) is 0 Å².